The molecule has 1 aromatic rings. The second-order valence-electron chi connectivity index (χ2n) is 3.14. The predicted octanol–water partition coefficient (Wildman–Crippen LogP) is 1.56. The van der Waals surface area contributed by atoms with Crippen molar-refractivity contribution in [2.24, 2.45) is 0 Å². The number of hydrogen-bond donors (Lipinski definition) is 2. The molecule has 0 aliphatic heterocycles. The van der Waals surface area contributed by atoms with Crippen molar-refractivity contribution < 1.29 is 14.2 Å². The lowest BCUT2D eigenvalue weighted by Crippen LogP contribution is -2.09. The third-order valence-electron chi connectivity index (χ3n) is 1.78. The smallest absolute Gasteiger partial charge is 0.177 e. The summed E-state index contributed by atoms with van der Waals surface area (Å²) in [5, 5.41) is 8.96. The van der Waals surface area contributed by atoms with E-state index in [4.69, 9.17) is 15.6 Å². The normalized spacial score (nSPS) is 12.5. The number of nitrogens with two attached hydrogens (primary N) is 1. The number of aliphatic hydroxyl groups excluding tert-OH is 1. The van der Waals surface area contributed by atoms with Gasteiger partial charge >= 0.3 is 0 Å². The lowest BCUT2D eigenvalue weighted by molar-refractivity contribution is 0.154. The van der Waals surface area contributed by atoms with Crippen molar-refractivity contribution in [2.45, 2.75) is 19.4 Å². The van der Waals surface area contributed by atoms with E-state index < -0.39 is 11.9 Å². The molecule has 4 heteroatoms. The van der Waals surface area contributed by atoms with Crippen LogP contribution in [-0.2, 0) is 0 Å². The zero-order valence-electron chi connectivity index (χ0n) is 8.03. The van der Waals surface area contributed by atoms with E-state index in [-0.39, 0.29) is 18.0 Å². The molecule has 78 valence electrons. The summed E-state index contributed by atoms with van der Waals surface area (Å²) in [4.78, 5) is 0. The van der Waals surface area contributed by atoms with Crippen LogP contribution in [0.1, 0.15) is 13.3 Å². The molecule has 1 aromatic carbocycles. The average Bonchev–Trinajstić information content (AvgIpc) is 2.09. The molecule has 1 unspecified atom stereocenters. The highest BCUT2D eigenvalue weighted by molar-refractivity contribution is 5.52. The fourth-order valence-corrected chi connectivity index (χ4v) is 1.01. The Morgan fingerprint density at radius 3 is 2.86 bits per heavy atom. The number of benzene rings is 1. The van der Waals surface area contributed by atoms with E-state index in [1.54, 1.807) is 13.0 Å². The van der Waals surface area contributed by atoms with Gasteiger partial charge in [-0.1, -0.05) is 6.07 Å². The Morgan fingerprint density at radius 1 is 1.57 bits per heavy atom. The van der Waals surface area contributed by atoms with Crippen LogP contribution < -0.4 is 10.5 Å². The highest BCUT2D eigenvalue weighted by Crippen LogP contribution is 2.24. The van der Waals surface area contributed by atoms with Gasteiger partial charge in [-0.3, -0.25) is 0 Å². The monoisotopic (exact) mass is 199 g/mol. The molecule has 3 nitrogen and oxygen atoms in total. The van der Waals surface area contributed by atoms with Crippen molar-refractivity contribution in [2.75, 3.05) is 12.3 Å². The van der Waals surface area contributed by atoms with E-state index in [2.05, 4.69) is 0 Å². The molecule has 0 heterocycles. The molecule has 3 N–H and O–H groups in total. The number of nitrogen functional groups attached to an aromatic ring is 1. The van der Waals surface area contributed by atoms with Crippen LogP contribution in [0.5, 0.6) is 5.75 Å². The van der Waals surface area contributed by atoms with Crippen molar-refractivity contribution in [3.05, 3.63) is 24.0 Å². The molecular weight excluding hydrogens is 185 g/mol. The van der Waals surface area contributed by atoms with Gasteiger partial charge in [0, 0.05) is 6.42 Å². The minimum absolute atomic E-state index is 0.0631. The van der Waals surface area contributed by atoms with Gasteiger partial charge in [-0.2, -0.15) is 0 Å². The molecule has 14 heavy (non-hydrogen) atoms. The van der Waals surface area contributed by atoms with Crippen LogP contribution in [0.3, 0.4) is 0 Å². The molecule has 0 radical (unpaired) electrons. The fourth-order valence-electron chi connectivity index (χ4n) is 1.01. The average molecular weight is 199 g/mol. The maximum Gasteiger partial charge on any atom is 0.177 e. The molecule has 0 amide bonds. The Hall–Kier alpha value is -1.29. The van der Waals surface area contributed by atoms with E-state index in [1.807, 2.05) is 0 Å². The molecule has 0 fully saturated rings. The highest BCUT2D eigenvalue weighted by Gasteiger charge is 2.07. The van der Waals surface area contributed by atoms with E-state index in [9.17, 15) is 4.39 Å². The van der Waals surface area contributed by atoms with Gasteiger partial charge in [0.25, 0.3) is 0 Å². The van der Waals surface area contributed by atoms with Gasteiger partial charge < -0.3 is 15.6 Å². The Labute approximate surface area is 82.3 Å². The van der Waals surface area contributed by atoms with Crippen LogP contribution in [-0.4, -0.2) is 17.8 Å². The zero-order chi connectivity index (χ0) is 10.6. The van der Waals surface area contributed by atoms with Crippen molar-refractivity contribution in [1.29, 1.82) is 0 Å². The van der Waals surface area contributed by atoms with Crippen molar-refractivity contribution in [3.63, 3.8) is 0 Å². The molecule has 0 spiro atoms. The molecule has 1 rings (SSSR count). The summed E-state index contributed by atoms with van der Waals surface area (Å²) in [6.45, 7) is 1.90. The maximum absolute atomic E-state index is 13.1. The first-order valence-electron chi connectivity index (χ1n) is 4.46. The van der Waals surface area contributed by atoms with Gasteiger partial charge in [-0.15, -0.1) is 0 Å². The van der Waals surface area contributed by atoms with E-state index >= 15 is 0 Å². The number of aliphatic hydroxyl groups is 1. The Morgan fingerprint density at radius 2 is 2.29 bits per heavy atom. The summed E-state index contributed by atoms with van der Waals surface area (Å²) in [5.41, 5.74) is 5.78. The zero-order valence-corrected chi connectivity index (χ0v) is 8.03. The number of ether oxygens (including phenoxy) is 1. The molecule has 0 aromatic heterocycles. The van der Waals surface area contributed by atoms with Gasteiger partial charge in [0.05, 0.1) is 18.4 Å². The summed E-state index contributed by atoms with van der Waals surface area (Å²) in [6, 6.07) is 4.38. The van der Waals surface area contributed by atoms with Gasteiger partial charge in [0.2, 0.25) is 0 Å². The van der Waals surface area contributed by atoms with Gasteiger partial charge in [0.15, 0.2) is 11.6 Å². The van der Waals surface area contributed by atoms with Gasteiger partial charge in [-0.05, 0) is 19.1 Å². The second-order valence-corrected chi connectivity index (χ2v) is 3.14. The number of rotatable bonds is 4. The summed E-state index contributed by atoms with van der Waals surface area (Å²) in [5.74, 6) is -0.413. The number of anilines is 1. The SMILES string of the molecule is CC(O)CCOc1c(N)cccc1F. The molecular formula is C10H14FNO2. The standard InChI is InChI=1S/C10H14FNO2/c1-7(13)5-6-14-10-8(11)3-2-4-9(10)12/h2-4,7,13H,5-6,12H2,1H3. The Bertz CT molecular complexity index is 282. The van der Waals surface area contributed by atoms with Crippen LogP contribution in [0.25, 0.3) is 0 Å². The lowest BCUT2D eigenvalue weighted by Gasteiger charge is -2.10. The van der Waals surface area contributed by atoms with Crippen molar-refractivity contribution in [3.8, 4) is 5.75 Å². The molecule has 0 saturated heterocycles. The minimum Gasteiger partial charge on any atom is -0.488 e. The maximum atomic E-state index is 13.1. The molecule has 0 aliphatic rings. The molecule has 0 saturated carbocycles. The number of halogens is 1. The summed E-state index contributed by atoms with van der Waals surface area (Å²) in [7, 11) is 0. The third-order valence-corrected chi connectivity index (χ3v) is 1.78. The quantitative estimate of drug-likeness (QED) is 0.723. The fraction of sp³-hybridized carbons (Fsp3) is 0.400. The Kier molecular flexibility index (Phi) is 3.71. The second kappa shape index (κ2) is 4.81. The van der Waals surface area contributed by atoms with E-state index in [1.165, 1.54) is 12.1 Å². The topological polar surface area (TPSA) is 55.5 Å². The first-order valence-corrected chi connectivity index (χ1v) is 4.46. The van der Waals surface area contributed by atoms with Crippen LogP contribution in [0, 0.1) is 5.82 Å². The first kappa shape index (κ1) is 10.8. The Balaban J connectivity index is 2.58. The van der Waals surface area contributed by atoms with E-state index in [0.717, 1.165) is 0 Å². The van der Waals surface area contributed by atoms with Crippen LogP contribution in [0.2, 0.25) is 0 Å². The van der Waals surface area contributed by atoms with Crippen LogP contribution in [0.15, 0.2) is 18.2 Å². The molecule has 1 atom stereocenters. The molecule has 0 bridgehead atoms. The largest absolute Gasteiger partial charge is 0.488 e. The van der Waals surface area contributed by atoms with Crippen LogP contribution >= 0.6 is 0 Å². The first-order chi connectivity index (χ1) is 6.61. The van der Waals surface area contributed by atoms with Crippen LogP contribution in [0.4, 0.5) is 10.1 Å². The lowest BCUT2D eigenvalue weighted by atomic mass is 10.3. The number of para-hydroxylation sites is 1. The third kappa shape index (κ3) is 2.88. The summed E-state index contributed by atoms with van der Waals surface area (Å²) >= 11 is 0. The van der Waals surface area contributed by atoms with E-state index in [0.29, 0.717) is 6.42 Å². The van der Waals surface area contributed by atoms with Gasteiger partial charge in [-0.25, -0.2) is 4.39 Å². The van der Waals surface area contributed by atoms with Gasteiger partial charge in [0.1, 0.15) is 0 Å². The molecule has 0 aliphatic carbocycles. The van der Waals surface area contributed by atoms with Crippen molar-refractivity contribution in [1.82, 2.24) is 0 Å². The highest BCUT2D eigenvalue weighted by atomic mass is 19.1. The summed E-state index contributed by atoms with van der Waals surface area (Å²) in [6.07, 6.45) is -0.00340. The minimum atomic E-state index is -0.476. The predicted molar refractivity (Wildman–Crippen MR) is 52.6 cm³/mol. The summed E-state index contributed by atoms with van der Waals surface area (Å²) < 4.78 is 18.2. The van der Waals surface area contributed by atoms with Crippen molar-refractivity contribution >= 4 is 5.69 Å². The number of hydrogen-bond acceptors (Lipinski definition) is 3.